The molecule has 0 saturated carbocycles. The zero-order chi connectivity index (χ0) is 4.41. The van der Waals surface area contributed by atoms with Gasteiger partial charge in [-0.1, -0.05) is 0 Å². The van der Waals surface area contributed by atoms with Crippen molar-refractivity contribution in [2.75, 3.05) is 0 Å². The molecule has 1 rings (SSSR count). The molecule has 0 heterocycles. The summed E-state index contributed by atoms with van der Waals surface area (Å²) in [7, 11) is 0. The van der Waals surface area contributed by atoms with E-state index in [0.717, 1.165) is 0 Å². The van der Waals surface area contributed by atoms with E-state index in [-0.39, 0.29) is 0 Å². The van der Waals surface area contributed by atoms with Crippen molar-refractivity contribution >= 4 is 0 Å². The van der Waals surface area contributed by atoms with Gasteiger partial charge in [0.1, 0.15) is 0 Å². The molecule has 0 aromatic carbocycles. The van der Waals surface area contributed by atoms with Crippen LogP contribution in [-0.2, 0) is 0 Å². The molecule has 0 spiro atoms. The summed E-state index contributed by atoms with van der Waals surface area (Å²) in [5.74, 6) is 0. The fourth-order valence-electron chi connectivity index (χ4n) is 0.412. The van der Waals surface area contributed by atoms with Crippen molar-refractivity contribution < 1.29 is 36.6 Å². The van der Waals surface area contributed by atoms with E-state index in [1.54, 1.807) is 0 Å². The molecule has 0 bridgehead atoms. The van der Waals surface area contributed by atoms with Crippen LogP contribution in [0, 0.1) is 36.6 Å². The molecule has 34 valence electrons. The topological polar surface area (TPSA) is 0 Å². The van der Waals surface area contributed by atoms with Gasteiger partial charge in [0, 0.05) is 0 Å². The average Bonchev–Trinajstić information content (AvgIpc) is 1.86. The fourth-order valence-corrected chi connectivity index (χ4v) is 0.869. The second-order valence-corrected chi connectivity index (χ2v) is 2.59. The van der Waals surface area contributed by atoms with E-state index in [1.807, 2.05) is 0 Å². The summed E-state index contributed by atoms with van der Waals surface area (Å²) in [6.45, 7) is 0. The molecule has 6 heavy (non-hydrogen) atoms. The summed E-state index contributed by atoms with van der Waals surface area (Å²) < 4.78 is 1.47. The van der Waals surface area contributed by atoms with Crippen LogP contribution in [0.5, 0.6) is 0 Å². The molecule has 0 fully saturated rings. The number of rotatable bonds is 0. The van der Waals surface area contributed by atoms with Gasteiger partial charge in [0.25, 0.3) is 0 Å². The van der Waals surface area contributed by atoms with Gasteiger partial charge in [-0.2, -0.15) is 0 Å². The number of allylic oxidation sites excluding steroid dienone is 4. The molecule has 1 aliphatic rings. The number of hydrogen-bond donors (Lipinski definition) is 0. The van der Waals surface area contributed by atoms with Gasteiger partial charge in [-0.25, -0.2) is 0 Å². The molecule has 0 saturated heterocycles. The molecule has 0 atom stereocenters. The fraction of sp³-hybridized carbons (Fsp3) is 0.200. The second-order valence-electron chi connectivity index (χ2n) is 1.22. The van der Waals surface area contributed by atoms with Gasteiger partial charge in [0.2, 0.25) is 0 Å². The minimum atomic E-state index is 1.17. The first-order valence-corrected chi connectivity index (χ1v) is 2.95. The van der Waals surface area contributed by atoms with Crippen LogP contribution in [0.3, 0.4) is 0 Å². The van der Waals surface area contributed by atoms with Crippen LogP contribution in [0.15, 0.2) is 19.8 Å². The normalized spacial score (nSPS) is 18.7. The van der Waals surface area contributed by atoms with Crippen LogP contribution in [-0.4, -0.2) is 0 Å². The van der Waals surface area contributed by atoms with Crippen LogP contribution in [0.4, 0.5) is 0 Å². The van der Waals surface area contributed by atoms with Gasteiger partial charge in [0.05, 0.1) is 0 Å². The van der Waals surface area contributed by atoms with Gasteiger partial charge in [-0.15, -0.1) is 0 Å². The van der Waals surface area contributed by atoms with E-state index in [0.29, 0.717) is 0 Å². The Morgan fingerprint density at radius 3 is 2.67 bits per heavy atom. The predicted octanol–water partition coefficient (Wildman–Crippen LogP) is 1.38. The van der Waals surface area contributed by atoms with Gasteiger partial charge in [0.15, 0.2) is 0 Å². The molecule has 0 radical (unpaired) electrons. The van der Waals surface area contributed by atoms with Crippen LogP contribution < -0.4 is 0 Å². The zero-order valence-electron chi connectivity index (χ0n) is 3.27. The Balaban J connectivity index is 2.61. The van der Waals surface area contributed by atoms with E-state index >= 15 is 0 Å². The molecule has 1 heteroatoms. The van der Waals surface area contributed by atoms with E-state index in [9.17, 15) is 0 Å². The van der Waals surface area contributed by atoms with Gasteiger partial charge in [-0.3, -0.25) is 0 Å². The Labute approximate surface area is 62.2 Å². The third kappa shape index (κ3) is 1.12. The van der Waals surface area contributed by atoms with E-state index in [2.05, 4.69) is 54.9 Å². The van der Waals surface area contributed by atoms with Crippen molar-refractivity contribution in [2.45, 2.75) is 6.42 Å². The van der Waals surface area contributed by atoms with Gasteiger partial charge >= 0.3 is 62.8 Å². The zero-order valence-corrected chi connectivity index (χ0v) is 5.41. The molecular weight excluding hydrogens is 219 g/mol. The van der Waals surface area contributed by atoms with Crippen LogP contribution in [0.2, 0.25) is 0 Å². The Morgan fingerprint density at radius 2 is 2.50 bits per heavy atom. The molecule has 0 aromatic heterocycles. The maximum absolute atomic E-state index is 2.16. The van der Waals surface area contributed by atoms with E-state index in [1.165, 1.54) is 7.97 Å². The maximum atomic E-state index is 2.16. The summed E-state index contributed by atoms with van der Waals surface area (Å²) in [5, 5.41) is 0. The van der Waals surface area contributed by atoms with Gasteiger partial charge < -0.3 is 0 Å². The van der Waals surface area contributed by atoms with Gasteiger partial charge in [-0.05, 0) is 0 Å². The molecule has 1 aliphatic carbocycles. The van der Waals surface area contributed by atoms with Crippen molar-refractivity contribution in [1.29, 1.82) is 0 Å². The Kier molecular flexibility index (Phi) is 1.78. The average molecular weight is 224 g/mol. The summed E-state index contributed by atoms with van der Waals surface area (Å²) in [5.41, 5.74) is 0. The molecule has 0 nitrogen and oxygen atoms in total. The molecule has 0 aromatic rings. The first-order chi connectivity index (χ1) is 2.89. The van der Waals surface area contributed by atoms with Crippen LogP contribution in [0.1, 0.15) is 6.42 Å². The van der Waals surface area contributed by atoms with E-state index < -0.39 is 0 Å². The molecule has 0 N–H and O–H groups in total. The Bertz CT molecular complexity index is 101. The summed E-state index contributed by atoms with van der Waals surface area (Å²) in [6.07, 6.45) is 7.56. The standard InChI is InChI=1S/C5H5.Tb/c1-2-4-5-3-1;/h1-3H,4H2;. The van der Waals surface area contributed by atoms with Crippen molar-refractivity contribution in [3.05, 3.63) is 19.8 Å². The Hall–Kier alpha value is 0.766. The monoisotopic (exact) mass is 224 g/mol. The first kappa shape index (κ1) is 4.91. The minimum absolute atomic E-state index is 1.17. The summed E-state index contributed by atoms with van der Waals surface area (Å²) in [6, 6.07) is 0. The number of hydrogen-bond acceptors (Lipinski definition) is 0. The van der Waals surface area contributed by atoms with Crippen molar-refractivity contribution in [2.24, 2.45) is 0 Å². The third-order valence-electron chi connectivity index (χ3n) is 0.709. The third-order valence-corrected chi connectivity index (χ3v) is 1.50. The molecular formula is C5H5Tb. The van der Waals surface area contributed by atoms with Crippen molar-refractivity contribution in [1.82, 2.24) is 0 Å². The second kappa shape index (κ2) is 2.17. The molecule has 0 aliphatic heterocycles. The molecule has 0 unspecified atom stereocenters. The SMILES string of the molecule is [Tb][C]1=CC=CC1. The van der Waals surface area contributed by atoms with E-state index in [4.69, 9.17) is 0 Å². The van der Waals surface area contributed by atoms with Crippen LogP contribution >= 0.6 is 0 Å². The van der Waals surface area contributed by atoms with Crippen LogP contribution in [0.25, 0.3) is 0 Å². The quantitative estimate of drug-likeness (QED) is 0.583. The summed E-state index contributed by atoms with van der Waals surface area (Å²) in [4.78, 5) is 0. The first-order valence-electron chi connectivity index (χ1n) is 1.88. The Morgan fingerprint density at radius 1 is 1.67 bits per heavy atom. The summed E-state index contributed by atoms with van der Waals surface area (Å²) >= 11 is 2.14. The van der Waals surface area contributed by atoms with Crippen molar-refractivity contribution in [3.8, 4) is 0 Å². The molecule has 0 amide bonds. The predicted molar refractivity (Wildman–Crippen MR) is 21.8 cm³/mol. The van der Waals surface area contributed by atoms with Crippen molar-refractivity contribution in [3.63, 3.8) is 0 Å².